The summed E-state index contributed by atoms with van der Waals surface area (Å²) in [7, 11) is 1.62. The topological polar surface area (TPSA) is 137 Å². The SMILES string of the molecule is C[C@H](N)C(=O)N[C@@H]1C(=O)N(C)c2cc(OCCCCC(N)=O)ccc2O[C@@H]1c1ccccc1. The number of ether oxygens (including phenoxy) is 2. The van der Waals surface area contributed by atoms with E-state index in [0.717, 1.165) is 5.56 Å². The summed E-state index contributed by atoms with van der Waals surface area (Å²) >= 11 is 0. The quantitative estimate of drug-likeness (QED) is 0.493. The van der Waals surface area contributed by atoms with Gasteiger partial charge in [0.25, 0.3) is 5.91 Å². The number of fused-ring (bicyclic) bond motifs is 1. The van der Waals surface area contributed by atoms with Crippen LogP contribution in [0.2, 0.25) is 0 Å². The van der Waals surface area contributed by atoms with Crippen molar-refractivity contribution in [2.45, 2.75) is 44.4 Å². The Morgan fingerprint density at radius 3 is 2.58 bits per heavy atom. The number of carbonyl (C=O) groups excluding carboxylic acids is 3. The number of nitrogens with two attached hydrogens (primary N) is 2. The summed E-state index contributed by atoms with van der Waals surface area (Å²) in [5.41, 5.74) is 12.1. The lowest BCUT2D eigenvalue weighted by molar-refractivity contribution is -0.129. The van der Waals surface area contributed by atoms with Crippen LogP contribution in [0.1, 0.15) is 37.9 Å². The Kier molecular flexibility index (Phi) is 7.89. The van der Waals surface area contributed by atoms with Crippen LogP contribution < -0.4 is 31.2 Å². The van der Waals surface area contributed by atoms with Crippen molar-refractivity contribution in [3.63, 3.8) is 0 Å². The lowest BCUT2D eigenvalue weighted by atomic mass is 10.0. The van der Waals surface area contributed by atoms with Gasteiger partial charge in [0.05, 0.1) is 18.3 Å². The third-order valence-electron chi connectivity index (χ3n) is 5.37. The van der Waals surface area contributed by atoms with Gasteiger partial charge in [-0.3, -0.25) is 14.4 Å². The summed E-state index contributed by atoms with van der Waals surface area (Å²) in [6, 6.07) is 12.7. The van der Waals surface area contributed by atoms with E-state index in [1.807, 2.05) is 30.3 Å². The fraction of sp³-hybridized carbons (Fsp3) is 0.375. The van der Waals surface area contributed by atoms with Crippen LogP contribution in [0, 0.1) is 0 Å². The van der Waals surface area contributed by atoms with E-state index in [0.29, 0.717) is 43.1 Å². The number of hydrogen-bond donors (Lipinski definition) is 3. The zero-order valence-electron chi connectivity index (χ0n) is 18.8. The van der Waals surface area contributed by atoms with Crippen molar-refractivity contribution in [1.29, 1.82) is 0 Å². The number of nitrogens with one attached hydrogen (secondary N) is 1. The van der Waals surface area contributed by atoms with E-state index in [1.54, 1.807) is 32.2 Å². The predicted octanol–water partition coefficient (Wildman–Crippen LogP) is 1.65. The Morgan fingerprint density at radius 2 is 1.91 bits per heavy atom. The first-order valence-corrected chi connectivity index (χ1v) is 10.9. The van der Waals surface area contributed by atoms with Crippen molar-refractivity contribution >= 4 is 23.4 Å². The molecule has 9 heteroatoms. The molecule has 0 aromatic heterocycles. The number of primary amides is 1. The lowest BCUT2D eigenvalue weighted by Gasteiger charge is -2.27. The van der Waals surface area contributed by atoms with Crippen LogP contribution in [0.4, 0.5) is 5.69 Å². The van der Waals surface area contributed by atoms with E-state index in [4.69, 9.17) is 20.9 Å². The molecular weight excluding hydrogens is 424 g/mol. The van der Waals surface area contributed by atoms with E-state index < -0.39 is 24.1 Å². The summed E-state index contributed by atoms with van der Waals surface area (Å²) in [5.74, 6) is -0.0767. The fourth-order valence-electron chi connectivity index (χ4n) is 3.53. The average Bonchev–Trinajstić information content (AvgIpc) is 2.89. The first-order valence-electron chi connectivity index (χ1n) is 10.9. The van der Waals surface area contributed by atoms with Crippen molar-refractivity contribution < 1.29 is 23.9 Å². The summed E-state index contributed by atoms with van der Waals surface area (Å²) in [6.07, 6.45) is 0.882. The van der Waals surface area contributed by atoms with Gasteiger partial charge in [-0.25, -0.2) is 0 Å². The maximum Gasteiger partial charge on any atom is 0.253 e. The van der Waals surface area contributed by atoms with Gasteiger partial charge in [-0.1, -0.05) is 30.3 Å². The number of nitrogens with zero attached hydrogens (tertiary/aromatic N) is 1. The minimum absolute atomic E-state index is 0.314. The van der Waals surface area contributed by atoms with Crippen molar-refractivity contribution in [1.82, 2.24) is 5.32 Å². The van der Waals surface area contributed by atoms with E-state index in [2.05, 4.69) is 5.32 Å². The molecule has 0 fully saturated rings. The number of hydrogen-bond acceptors (Lipinski definition) is 6. The van der Waals surface area contributed by atoms with Gasteiger partial charge < -0.3 is 31.2 Å². The lowest BCUT2D eigenvalue weighted by Crippen LogP contribution is -2.53. The second kappa shape index (κ2) is 10.8. The summed E-state index contributed by atoms with van der Waals surface area (Å²) in [4.78, 5) is 38.1. The Hall–Kier alpha value is -3.59. The minimum Gasteiger partial charge on any atom is -0.494 e. The maximum absolute atomic E-state index is 13.4. The van der Waals surface area contributed by atoms with E-state index in [-0.39, 0.29) is 11.8 Å². The van der Waals surface area contributed by atoms with Gasteiger partial charge in [-0.15, -0.1) is 0 Å². The van der Waals surface area contributed by atoms with Crippen molar-refractivity contribution in [2.24, 2.45) is 11.5 Å². The fourth-order valence-corrected chi connectivity index (χ4v) is 3.53. The smallest absolute Gasteiger partial charge is 0.253 e. The first kappa shape index (κ1) is 24.1. The van der Waals surface area contributed by atoms with Gasteiger partial charge in [0, 0.05) is 19.5 Å². The Bertz CT molecular complexity index is 996. The second-order valence-electron chi connectivity index (χ2n) is 8.02. The van der Waals surface area contributed by atoms with Gasteiger partial charge in [0.15, 0.2) is 6.10 Å². The van der Waals surface area contributed by atoms with E-state index in [1.165, 1.54) is 4.90 Å². The molecule has 0 bridgehead atoms. The van der Waals surface area contributed by atoms with Crippen LogP contribution in [0.5, 0.6) is 11.5 Å². The molecular formula is C24H30N4O5. The van der Waals surface area contributed by atoms with Gasteiger partial charge in [-0.05, 0) is 37.5 Å². The van der Waals surface area contributed by atoms with Crippen molar-refractivity contribution in [2.75, 3.05) is 18.6 Å². The third-order valence-corrected chi connectivity index (χ3v) is 5.37. The molecule has 3 rings (SSSR count). The summed E-state index contributed by atoms with van der Waals surface area (Å²) in [6.45, 7) is 1.96. The largest absolute Gasteiger partial charge is 0.494 e. The molecule has 2 aromatic carbocycles. The Morgan fingerprint density at radius 1 is 1.18 bits per heavy atom. The molecule has 2 aromatic rings. The third kappa shape index (κ3) is 6.01. The average molecular weight is 455 g/mol. The normalized spacial score (nSPS) is 18.5. The summed E-state index contributed by atoms with van der Waals surface area (Å²) < 4.78 is 12.1. The predicted molar refractivity (Wildman–Crippen MR) is 124 cm³/mol. The molecule has 0 radical (unpaired) electrons. The summed E-state index contributed by atoms with van der Waals surface area (Å²) in [5, 5.41) is 2.74. The van der Waals surface area contributed by atoms with Crippen LogP contribution in [0.25, 0.3) is 0 Å². The maximum atomic E-state index is 13.4. The van der Waals surface area contributed by atoms with Crippen LogP contribution in [-0.2, 0) is 14.4 Å². The molecule has 3 amide bonds. The zero-order valence-corrected chi connectivity index (χ0v) is 18.8. The highest BCUT2D eigenvalue weighted by Crippen LogP contribution is 2.39. The number of anilines is 1. The van der Waals surface area contributed by atoms with Gasteiger partial charge >= 0.3 is 0 Å². The van der Waals surface area contributed by atoms with Gasteiger partial charge in [0.2, 0.25) is 11.8 Å². The number of benzene rings is 2. The Balaban J connectivity index is 1.86. The standard InChI is InChI=1S/C24H30N4O5/c1-15(25)23(30)27-21-22(16-8-4-3-5-9-16)33-19-12-11-17(14-18(19)28(2)24(21)31)32-13-7-6-10-20(26)29/h3-5,8-9,11-12,14-15,21-22H,6-7,10,13,25H2,1-2H3,(H2,26,29)(H,27,30)/t15-,21-,22+/m0/s1. The molecule has 1 aliphatic heterocycles. The molecule has 0 unspecified atom stereocenters. The number of amides is 3. The minimum atomic E-state index is -0.971. The van der Waals surface area contributed by atoms with Crippen molar-refractivity contribution in [3.05, 3.63) is 54.1 Å². The number of likely N-dealkylation sites (N-methyl/N-ethyl adjacent to an activating group) is 1. The molecule has 5 N–H and O–H groups in total. The van der Waals surface area contributed by atoms with E-state index in [9.17, 15) is 14.4 Å². The molecule has 0 saturated heterocycles. The van der Waals surface area contributed by atoms with Crippen LogP contribution in [0.3, 0.4) is 0 Å². The molecule has 9 nitrogen and oxygen atoms in total. The first-order chi connectivity index (χ1) is 15.8. The Labute approximate surface area is 193 Å². The van der Waals surface area contributed by atoms with Crippen LogP contribution in [0.15, 0.2) is 48.5 Å². The number of carbonyl (C=O) groups is 3. The molecule has 176 valence electrons. The zero-order chi connectivity index (χ0) is 24.0. The second-order valence-corrected chi connectivity index (χ2v) is 8.02. The van der Waals surface area contributed by atoms with Gasteiger partial charge in [0.1, 0.15) is 17.5 Å². The molecule has 0 saturated carbocycles. The van der Waals surface area contributed by atoms with E-state index >= 15 is 0 Å². The highest BCUT2D eigenvalue weighted by atomic mass is 16.5. The molecule has 0 aliphatic carbocycles. The van der Waals surface area contributed by atoms with Crippen LogP contribution >= 0.6 is 0 Å². The number of rotatable bonds is 9. The molecule has 3 atom stereocenters. The monoisotopic (exact) mass is 454 g/mol. The van der Waals surface area contributed by atoms with Crippen LogP contribution in [-0.4, -0.2) is 43.5 Å². The number of unbranched alkanes of at least 4 members (excludes halogenated alkanes) is 1. The highest BCUT2D eigenvalue weighted by molar-refractivity contribution is 6.01. The molecule has 33 heavy (non-hydrogen) atoms. The molecule has 1 heterocycles. The molecule has 0 spiro atoms. The molecule has 1 aliphatic rings. The highest BCUT2D eigenvalue weighted by Gasteiger charge is 2.39. The van der Waals surface area contributed by atoms with Gasteiger partial charge in [-0.2, -0.15) is 0 Å². The van der Waals surface area contributed by atoms with Crippen molar-refractivity contribution in [3.8, 4) is 11.5 Å².